The molecule has 0 saturated heterocycles. The summed E-state index contributed by atoms with van der Waals surface area (Å²) in [7, 11) is 5.84. The molecule has 5 nitrogen and oxygen atoms in total. The number of esters is 1. The SMILES string of the molecule is CCCCCCCCCC(C)CCCC(=O)OC(CC(=O)[O-])C[N+](C)(C)C. The Morgan fingerprint density at radius 1 is 0.926 bits per heavy atom. The Morgan fingerprint density at radius 2 is 1.48 bits per heavy atom. The lowest BCUT2D eigenvalue weighted by Crippen LogP contribution is -2.45. The molecule has 5 heteroatoms. The van der Waals surface area contributed by atoms with Gasteiger partial charge in [-0.3, -0.25) is 4.79 Å². The van der Waals surface area contributed by atoms with Crippen molar-refractivity contribution in [3.05, 3.63) is 0 Å². The van der Waals surface area contributed by atoms with Gasteiger partial charge in [-0.2, -0.15) is 0 Å². The Kier molecular flexibility index (Phi) is 14.3. The van der Waals surface area contributed by atoms with Crippen LogP contribution in [-0.4, -0.2) is 50.2 Å². The summed E-state index contributed by atoms with van der Waals surface area (Å²) in [6, 6.07) is 0. The number of ether oxygens (including phenoxy) is 1. The fourth-order valence-corrected chi connectivity index (χ4v) is 3.37. The van der Waals surface area contributed by atoms with Crippen molar-refractivity contribution in [2.45, 2.75) is 97.0 Å². The number of quaternary nitrogens is 1. The Bertz CT molecular complexity index is 404. The maximum absolute atomic E-state index is 12.0. The largest absolute Gasteiger partial charge is 0.550 e. The van der Waals surface area contributed by atoms with E-state index in [1.54, 1.807) is 0 Å². The Hall–Kier alpha value is -1.10. The lowest BCUT2D eigenvalue weighted by atomic mass is 9.96. The van der Waals surface area contributed by atoms with Crippen LogP contribution in [0.1, 0.15) is 90.9 Å². The highest BCUT2D eigenvalue weighted by Gasteiger charge is 2.22. The molecule has 0 aromatic rings. The second kappa shape index (κ2) is 14.9. The van der Waals surface area contributed by atoms with Crippen molar-refractivity contribution in [3.63, 3.8) is 0 Å². The Balaban J connectivity index is 3.90. The number of hydrogen-bond acceptors (Lipinski definition) is 4. The van der Waals surface area contributed by atoms with Crippen LogP contribution in [0.25, 0.3) is 0 Å². The minimum absolute atomic E-state index is 0.240. The fraction of sp³-hybridized carbons (Fsp3) is 0.909. The first-order chi connectivity index (χ1) is 12.6. The van der Waals surface area contributed by atoms with Crippen LogP contribution in [0.5, 0.6) is 0 Å². The van der Waals surface area contributed by atoms with Gasteiger partial charge >= 0.3 is 5.97 Å². The van der Waals surface area contributed by atoms with Gasteiger partial charge in [-0.05, 0) is 12.3 Å². The van der Waals surface area contributed by atoms with E-state index in [-0.39, 0.29) is 12.4 Å². The maximum atomic E-state index is 12.0. The molecule has 0 rings (SSSR count). The first-order valence-corrected chi connectivity index (χ1v) is 10.8. The van der Waals surface area contributed by atoms with Crippen molar-refractivity contribution in [1.82, 2.24) is 0 Å². The number of carboxylic acids is 1. The van der Waals surface area contributed by atoms with Crippen LogP contribution >= 0.6 is 0 Å². The van der Waals surface area contributed by atoms with Crippen molar-refractivity contribution in [2.24, 2.45) is 5.92 Å². The molecule has 0 aliphatic carbocycles. The third kappa shape index (κ3) is 18.0. The molecule has 0 aromatic heterocycles. The van der Waals surface area contributed by atoms with E-state index in [1.807, 2.05) is 21.1 Å². The van der Waals surface area contributed by atoms with Gasteiger partial charge in [0.1, 0.15) is 6.54 Å². The highest BCUT2D eigenvalue weighted by Crippen LogP contribution is 2.18. The van der Waals surface area contributed by atoms with Gasteiger partial charge in [-0.25, -0.2) is 0 Å². The van der Waals surface area contributed by atoms with Gasteiger partial charge in [0.25, 0.3) is 0 Å². The molecule has 2 unspecified atom stereocenters. The van der Waals surface area contributed by atoms with E-state index in [4.69, 9.17) is 4.74 Å². The number of rotatable bonds is 17. The number of unbranched alkanes of at least 4 members (excludes halogenated alkanes) is 6. The van der Waals surface area contributed by atoms with Gasteiger partial charge in [0.2, 0.25) is 0 Å². The number of aliphatic carboxylic acids is 1. The number of nitrogens with zero attached hydrogens (tertiary/aromatic N) is 1. The second-order valence-electron chi connectivity index (χ2n) is 9.07. The second-order valence-corrected chi connectivity index (χ2v) is 9.07. The van der Waals surface area contributed by atoms with Gasteiger partial charge in [0, 0.05) is 18.8 Å². The third-order valence-corrected chi connectivity index (χ3v) is 4.82. The lowest BCUT2D eigenvalue weighted by Gasteiger charge is -2.29. The number of hydrogen-bond donors (Lipinski definition) is 0. The first kappa shape index (κ1) is 25.9. The van der Waals surface area contributed by atoms with Gasteiger partial charge in [0.05, 0.1) is 21.1 Å². The summed E-state index contributed by atoms with van der Waals surface area (Å²) < 4.78 is 5.93. The average molecular weight is 386 g/mol. The van der Waals surface area contributed by atoms with Crippen molar-refractivity contribution in [1.29, 1.82) is 0 Å². The number of carboxylic acid groups (broad SMARTS) is 1. The lowest BCUT2D eigenvalue weighted by molar-refractivity contribution is -0.873. The molecule has 0 spiro atoms. The van der Waals surface area contributed by atoms with Crippen LogP contribution in [0.2, 0.25) is 0 Å². The zero-order chi connectivity index (χ0) is 20.7. The highest BCUT2D eigenvalue weighted by atomic mass is 16.5. The average Bonchev–Trinajstić information content (AvgIpc) is 2.51. The van der Waals surface area contributed by atoms with E-state index in [1.165, 1.54) is 51.4 Å². The molecule has 2 atom stereocenters. The van der Waals surface area contributed by atoms with E-state index in [2.05, 4.69) is 13.8 Å². The molecule has 0 N–H and O–H groups in total. The minimum atomic E-state index is -1.18. The highest BCUT2D eigenvalue weighted by molar-refractivity contribution is 5.70. The molecule has 0 heterocycles. The van der Waals surface area contributed by atoms with Crippen LogP contribution in [0.4, 0.5) is 0 Å². The maximum Gasteiger partial charge on any atom is 0.306 e. The normalized spacial score (nSPS) is 14.0. The molecule has 0 bridgehead atoms. The minimum Gasteiger partial charge on any atom is -0.550 e. The predicted octanol–water partition coefficient (Wildman–Crippen LogP) is 3.69. The van der Waals surface area contributed by atoms with Crippen LogP contribution in [-0.2, 0) is 14.3 Å². The van der Waals surface area contributed by atoms with Crippen LogP contribution in [0.3, 0.4) is 0 Å². The summed E-state index contributed by atoms with van der Waals surface area (Å²) >= 11 is 0. The number of carbonyl (C=O) groups is 2. The zero-order valence-electron chi connectivity index (χ0n) is 18.4. The predicted molar refractivity (Wildman–Crippen MR) is 108 cm³/mol. The molecule has 0 aromatic carbocycles. The zero-order valence-corrected chi connectivity index (χ0v) is 18.4. The number of likely N-dealkylation sites (N-methyl/N-ethyl adjacent to an activating group) is 1. The summed E-state index contributed by atoms with van der Waals surface area (Å²) in [6.07, 6.45) is 11.8. The van der Waals surface area contributed by atoms with Gasteiger partial charge in [0.15, 0.2) is 6.10 Å². The van der Waals surface area contributed by atoms with Gasteiger partial charge in [-0.1, -0.05) is 71.6 Å². The summed E-state index contributed by atoms with van der Waals surface area (Å²) in [5.74, 6) is -0.846. The topological polar surface area (TPSA) is 66.4 Å². The van der Waals surface area contributed by atoms with Crippen LogP contribution in [0.15, 0.2) is 0 Å². The molecular weight excluding hydrogens is 342 g/mol. The standard InChI is InChI=1S/C22H43NO4/c1-6-7-8-9-10-11-12-14-19(2)15-13-16-22(26)27-20(17-21(24)25)18-23(3,4)5/h19-20H,6-18H2,1-5H3. The molecule has 0 aliphatic rings. The molecule has 160 valence electrons. The summed E-state index contributed by atoms with van der Waals surface area (Å²) in [6.45, 7) is 4.96. The Labute approximate surface area is 167 Å². The van der Waals surface area contributed by atoms with Crippen molar-refractivity contribution < 1.29 is 23.9 Å². The molecular formula is C22H43NO4. The van der Waals surface area contributed by atoms with Gasteiger partial charge in [-0.15, -0.1) is 0 Å². The summed E-state index contributed by atoms with van der Waals surface area (Å²) in [5, 5.41) is 10.9. The molecule has 0 amide bonds. The first-order valence-electron chi connectivity index (χ1n) is 10.8. The summed E-state index contributed by atoms with van der Waals surface area (Å²) in [4.78, 5) is 22.9. The van der Waals surface area contributed by atoms with E-state index in [9.17, 15) is 14.7 Å². The van der Waals surface area contributed by atoms with Crippen molar-refractivity contribution in [2.75, 3.05) is 27.7 Å². The smallest absolute Gasteiger partial charge is 0.306 e. The van der Waals surface area contributed by atoms with Crippen LogP contribution < -0.4 is 5.11 Å². The van der Waals surface area contributed by atoms with E-state index >= 15 is 0 Å². The van der Waals surface area contributed by atoms with Gasteiger partial charge < -0.3 is 19.1 Å². The quantitative estimate of drug-likeness (QED) is 0.218. The van der Waals surface area contributed by atoms with Crippen molar-refractivity contribution >= 4 is 11.9 Å². The fourth-order valence-electron chi connectivity index (χ4n) is 3.37. The van der Waals surface area contributed by atoms with E-state index < -0.39 is 12.1 Å². The third-order valence-electron chi connectivity index (χ3n) is 4.82. The van der Waals surface area contributed by atoms with Crippen LogP contribution in [0, 0.1) is 5.92 Å². The Morgan fingerprint density at radius 3 is 2.04 bits per heavy atom. The molecule has 0 radical (unpaired) electrons. The summed E-state index contributed by atoms with van der Waals surface area (Å²) in [5.41, 5.74) is 0. The molecule has 0 fully saturated rings. The van der Waals surface area contributed by atoms with Crippen molar-refractivity contribution in [3.8, 4) is 0 Å². The van der Waals surface area contributed by atoms with E-state index in [0.29, 0.717) is 23.4 Å². The number of carbonyl (C=O) groups excluding carboxylic acids is 2. The van der Waals surface area contributed by atoms with E-state index in [0.717, 1.165) is 12.8 Å². The molecule has 0 saturated carbocycles. The monoisotopic (exact) mass is 385 g/mol. The molecule has 0 aliphatic heterocycles. The molecule has 27 heavy (non-hydrogen) atoms.